The first kappa shape index (κ1) is 16.3. The fraction of sp³-hybridized carbons (Fsp3) is 0.150. The average Bonchev–Trinajstić information content (AvgIpc) is 2.59. The SMILES string of the molecule is CN(CC(=O)NCc1cccc(Cl)c1)c1cccc2ccccc12. The Bertz CT molecular complexity index is 858. The van der Waals surface area contributed by atoms with E-state index in [4.69, 9.17) is 11.6 Å². The number of amides is 1. The van der Waals surface area contributed by atoms with Crippen LogP contribution in [0.4, 0.5) is 5.69 Å². The van der Waals surface area contributed by atoms with Crippen LogP contribution in [-0.2, 0) is 11.3 Å². The van der Waals surface area contributed by atoms with Gasteiger partial charge in [0.25, 0.3) is 0 Å². The third kappa shape index (κ3) is 3.87. The quantitative estimate of drug-likeness (QED) is 0.754. The van der Waals surface area contributed by atoms with Crippen molar-refractivity contribution in [1.29, 1.82) is 0 Å². The van der Waals surface area contributed by atoms with Crippen molar-refractivity contribution >= 4 is 34.0 Å². The molecule has 3 aromatic carbocycles. The van der Waals surface area contributed by atoms with E-state index in [2.05, 4.69) is 23.5 Å². The normalized spacial score (nSPS) is 10.6. The van der Waals surface area contributed by atoms with Gasteiger partial charge in [0.2, 0.25) is 5.91 Å². The van der Waals surface area contributed by atoms with Gasteiger partial charge in [0.1, 0.15) is 0 Å². The van der Waals surface area contributed by atoms with Gasteiger partial charge in [-0.2, -0.15) is 0 Å². The van der Waals surface area contributed by atoms with Crippen LogP contribution in [0.5, 0.6) is 0 Å². The maximum absolute atomic E-state index is 12.2. The molecule has 122 valence electrons. The molecule has 24 heavy (non-hydrogen) atoms. The zero-order valence-corrected chi connectivity index (χ0v) is 14.3. The van der Waals surface area contributed by atoms with Gasteiger partial charge in [-0.1, -0.05) is 60.1 Å². The van der Waals surface area contributed by atoms with E-state index in [1.165, 1.54) is 5.39 Å². The first-order valence-corrected chi connectivity index (χ1v) is 8.21. The number of carbonyl (C=O) groups excluding carboxylic acids is 1. The Labute approximate surface area is 146 Å². The van der Waals surface area contributed by atoms with E-state index < -0.39 is 0 Å². The molecule has 0 aliphatic rings. The lowest BCUT2D eigenvalue weighted by molar-refractivity contribution is -0.119. The Kier molecular flexibility index (Phi) is 5.02. The van der Waals surface area contributed by atoms with E-state index in [1.54, 1.807) is 0 Å². The summed E-state index contributed by atoms with van der Waals surface area (Å²) in [7, 11) is 1.93. The number of hydrogen-bond donors (Lipinski definition) is 1. The number of rotatable bonds is 5. The highest BCUT2D eigenvalue weighted by atomic mass is 35.5. The molecular formula is C20H19ClN2O. The number of hydrogen-bond acceptors (Lipinski definition) is 2. The van der Waals surface area contributed by atoms with Crippen molar-refractivity contribution < 1.29 is 4.79 Å². The van der Waals surface area contributed by atoms with Crippen LogP contribution < -0.4 is 10.2 Å². The van der Waals surface area contributed by atoms with Gasteiger partial charge in [-0.25, -0.2) is 0 Å². The Morgan fingerprint density at radius 2 is 1.79 bits per heavy atom. The molecule has 0 unspecified atom stereocenters. The van der Waals surface area contributed by atoms with Gasteiger partial charge < -0.3 is 10.2 Å². The summed E-state index contributed by atoms with van der Waals surface area (Å²) in [4.78, 5) is 14.2. The maximum Gasteiger partial charge on any atom is 0.239 e. The number of nitrogens with one attached hydrogen (secondary N) is 1. The van der Waals surface area contributed by atoms with Gasteiger partial charge in [0, 0.05) is 29.7 Å². The van der Waals surface area contributed by atoms with Crippen molar-refractivity contribution in [2.45, 2.75) is 6.54 Å². The summed E-state index contributed by atoms with van der Waals surface area (Å²) in [5.41, 5.74) is 2.04. The third-order valence-electron chi connectivity index (χ3n) is 3.94. The lowest BCUT2D eigenvalue weighted by Crippen LogP contribution is -2.34. The summed E-state index contributed by atoms with van der Waals surface area (Å²) in [5, 5.41) is 5.92. The molecule has 0 bridgehead atoms. The largest absolute Gasteiger partial charge is 0.365 e. The van der Waals surface area contributed by atoms with E-state index in [1.807, 2.05) is 60.5 Å². The number of benzene rings is 3. The molecule has 0 fully saturated rings. The van der Waals surface area contributed by atoms with Crippen molar-refractivity contribution in [1.82, 2.24) is 5.32 Å². The summed E-state index contributed by atoms with van der Waals surface area (Å²) >= 11 is 5.96. The lowest BCUT2D eigenvalue weighted by Gasteiger charge is -2.20. The van der Waals surface area contributed by atoms with Crippen LogP contribution in [0.3, 0.4) is 0 Å². The highest BCUT2D eigenvalue weighted by Crippen LogP contribution is 2.25. The van der Waals surface area contributed by atoms with E-state index in [0.29, 0.717) is 18.1 Å². The molecule has 1 amide bonds. The van der Waals surface area contributed by atoms with Crippen LogP contribution in [0, 0.1) is 0 Å². The van der Waals surface area contributed by atoms with E-state index in [0.717, 1.165) is 16.6 Å². The Hall–Kier alpha value is -2.52. The van der Waals surface area contributed by atoms with Crippen LogP contribution in [0.2, 0.25) is 5.02 Å². The molecule has 0 spiro atoms. The molecule has 0 aromatic heterocycles. The fourth-order valence-electron chi connectivity index (χ4n) is 2.75. The van der Waals surface area contributed by atoms with Crippen molar-refractivity contribution in [3.8, 4) is 0 Å². The number of fused-ring (bicyclic) bond motifs is 1. The second-order valence-electron chi connectivity index (χ2n) is 5.76. The third-order valence-corrected chi connectivity index (χ3v) is 4.17. The second-order valence-corrected chi connectivity index (χ2v) is 6.20. The van der Waals surface area contributed by atoms with Gasteiger partial charge in [0.15, 0.2) is 0 Å². The summed E-state index contributed by atoms with van der Waals surface area (Å²) < 4.78 is 0. The standard InChI is InChI=1S/C20H19ClN2O/c1-23(19-11-5-8-16-7-2-3-10-18(16)19)14-20(24)22-13-15-6-4-9-17(21)12-15/h2-12H,13-14H2,1H3,(H,22,24). The molecule has 3 nitrogen and oxygen atoms in total. The number of likely N-dealkylation sites (N-methyl/N-ethyl adjacent to an activating group) is 1. The van der Waals surface area contributed by atoms with Gasteiger partial charge in [-0.05, 0) is 29.1 Å². The number of halogens is 1. The van der Waals surface area contributed by atoms with Crippen LogP contribution in [0.25, 0.3) is 10.8 Å². The molecule has 0 aliphatic heterocycles. The van der Waals surface area contributed by atoms with E-state index in [-0.39, 0.29) is 5.91 Å². The fourth-order valence-corrected chi connectivity index (χ4v) is 2.96. The average molecular weight is 339 g/mol. The molecule has 0 heterocycles. The predicted molar refractivity (Wildman–Crippen MR) is 101 cm³/mol. The highest BCUT2D eigenvalue weighted by molar-refractivity contribution is 6.30. The summed E-state index contributed by atoms with van der Waals surface area (Å²) in [6, 6.07) is 21.8. The minimum absolute atomic E-state index is 0.0228. The van der Waals surface area contributed by atoms with Gasteiger partial charge in [0.05, 0.1) is 6.54 Å². The number of carbonyl (C=O) groups is 1. The Morgan fingerprint density at radius 1 is 1.04 bits per heavy atom. The lowest BCUT2D eigenvalue weighted by atomic mass is 10.1. The molecule has 0 aliphatic carbocycles. The zero-order chi connectivity index (χ0) is 16.9. The van der Waals surface area contributed by atoms with Crippen LogP contribution >= 0.6 is 11.6 Å². The predicted octanol–water partition coefficient (Wildman–Crippen LogP) is 4.25. The monoisotopic (exact) mass is 338 g/mol. The van der Waals surface area contributed by atoms with Gasteiger partial charge in [-0.15, -0.1) is 0 Å². The summed E-state index contributed by atoms with van der Waals surface area (Å²) in [6.07, 6.45) is 0. The molecule has 1 N–H and O–H groups in total. The van der Waals surface area contributed by atoms with Crippen LogP contribution in [-0.4, -0.2) is 19.5 Å². The van der Waals surface area contributed by atoms with Crippen molar-refractivity contribution in [2.24, 2.45) is 0 Å². The smallest absolute Gasteiger partial charge is 0.239 e. The highest BCUT2D eigenvalue weighted by Gasteiger charge is 2.10. The second kappa shape index (κ2) is 7.37. The molecule has 0 radical (unpaired) electrons. The van der Waals surface area contributed by atoms with E-state index in [9.17, 15) is 4.79 Å². The molecule has 0 saturated carbocycles. The van der Waals surface area contributed by atoms with Crippen LogP contribution in [0.15, 0.2) is 66.7 Å². The molecule has 3 rings (SSSR count). The maximum atomic E-state index is 12.2. The molecule has 4 heteroatoms. The first-order chi connectivity index (χ1) is 11.6. The number of nitrogens with zero attached hydrogens (tertiary/aromatic N) is 1. The number of anilines is 1. The Morgan fingerprint density at radius 3 is 2.62 bits per heavy atom. The van der Waals surface area contributed by atoms with Gasteiger partial charge in [-0.3, -0.25) is 4.79 Å². The minimum atomic E-state index is -0.0228. The zero-order valence-electron chi connectivity index (χ0n) is 13.5. The van der Waals surface area contributed by atoms with Crippen molar-refractivity contribution in [3.05, 3.63) is 77.3 Å². The first-order valence-electron chi connectivity index (χ1n) is 7.83. The summed E-state index contributed by atoms with van der Waals surface area (Å²) in [6.45, 7) is 0.775. The molecular weight excluding hydrogens is 320 g/mol. The van der Waals surface area contributed by atoms with Crippen molar-refractivity contribution in [2.75, 3.05) is 18.5 Å². The van der Waals surface area contributed by atoms with Gasteiger partial charge >= 0.3 is 0 Å². The van der Waals surface area contributed by atoms with Crippen molar-refractivity contribution in [3.63, 3.8) is 0 Å². The molecule has 0 atom stereocenters. The molecule has 0 saturated heterocycles. The van der Waals surface area contributed by atoms with E-state index >= 15 is 0 Å². The molecule has 3 aromatic rings. The Balaban J connectivity index is 1.65. The van der Waals surface area contributed by atoms with Crippen LogP contribution in [0.1, 0.15) is 5.56 Å². The minimum Gasteiger partial charge on any atom is -0.365 e. The summed E-state index contributed by atoms with van der Waals surface area (Å²) in [5.74, 6) is -0.0228. The topological polar surface area (TPSA) is 32.3 Å².